The van der Waals surface area contributed by atoms with Gasteiger partial charge < -0.3 is 19.1 Å². The smallest absolute Gasteiger partial charge is 0.334 e. The number of aryl methyl sites for hydroxylation is 1. The maximum Gasteiger partial charge on any atom is 0.334 e. The zero-order chi connectivity index (χ0) is 27.5. The number of hydrogen-bond acceptors (Lipinski definition) is 10. The highest BCUT2D eigenvalue weighted by molar-refractivity contribution is 5.83. The second-order valence-corrected chi connectivity index (χ2v) is 9.59. The monoisotopic (exact) mass is 515 g/mol. The molecule has 1 heterocycles. The lowest BCUT2D eigenvalue weighted by molar-refractivity contribution is -0.160. The number of amides is 1. The number of carbonyl (C=O) groups excluding carboxylic acids is 3. The molecule has 1 unspecified atom stereocenters. The van der Waals surface area contributed by atoms with Gasteiger partial charge in [0.05, 0.1) is 30.8 Å². The molecule has 0 fully saturated rings. The van der Waals surface area contributed by atoms with Crippen molar-refractivity contribution in [3.8, 4) is 11.4 Å². The predicted molar refractivity (Wildman–Crippen MR) is 135 cm³/mol. The number of hydrogen-bond donors (Lipinski definition) is 1. The van der Waals surface area contributed by atoms with Crippen molar-refractivity contribution >= 4 is 17.7 Å². The first-order valence-corrected chi connectivity index (χ1v) is 12.3. The first-order valence-electron chi connectivity index (χ1n) is 12.3. The average Bonchev–Trinajstić information content (AvgIpc) is 2.86. The summed E-state index contributed by atoms with van der Waals surface area (Å²) in [6.45, 7) is 11.7. The Kier molecular flexibility index (Phi) is 11.2. The lowest BCUT2D eigenvalue weighted by Crippen LogP contribution is -2.32. The molecule has 11 heteroatoms. The molecule has 2 rings (SSSR count). The van der Waals surface area contributed by atoms with Crippen LogP contribution in [0.15, 0.2) is 24.3 Å². The first-order chi connectivity index (χ1) is 17.4. The summed E-state index contributed by atoms with van der Waals surface area (Å²) in [4.78, 5) is 38.9. The molecule has 2 aromatic rings. The minimum atomic E-state index is -0.618. The van der Waals surface area contributed by atoms with Crippen LogP contribution >= 0.6 is 0 Å². The van der Waals surface area contributed by atoms with Gasteiger partial charge in [-0.05, 0) is 53.0 Å². The summed E-state index contributed by atoms with van der Waals surface area (Å²) in [5.74, 6) is -0.262. The lowest BCUT2D eigenvalue weighted by Gasteiger charge is -2.32. The third kappa shape index (κ3) is 10.3. The molecule has 1 aromatic heterocycles. The van der Waals surface area contributed by atoms with Gasteiger partial charge in [0.15, 0.2) is 5.82 Å². The van der Waals surface area contributed by atoms with E-state index in [4.69, 9.17) is 14.3 Å². The Balaban J connectivity index is 1.78. The van der Waals surface area contributed by atoms with Gasteiger partial charge in [-0.2, -0.15) is 5.48 Å². The van der Waals surface area contributed by atoms with Crippen LogP contribution in [0, 0.1) is 6.92 Å². The Hall–Kier alpha value is -3.31. The molecule has 1 aromatic carbocycles. The Morgan fingerprint density at radius 1 is 0.892 bits per heavy atom. The Morgan fingerprint density at radius 3 is 2.14 bits per heavy atom. The molecule has 0 saturated heterocycles. The summed E-state index contributed by atoms with van der Waals surface area (Å²) in [6.07, 6.45) is 1.42. The molecule has 0 saturated carbocycles. The van der Waals surface area contributed by atoms with Crippen molar-refractivity contribution in [1.29, 1.82) is 0 Å². The highest BCUT2D eigenvalue weighted by atomic mass is 16.7. The molecule has 0 spiro atoms. The predicted octanol–water partition coefficient (Wildman–Crippen LogP) is 3.40. The molecule has 0 radical (unpaired) electrons. The highest BCUT2D eigenvalue weighted by Gasteiger charge is 2.27. The van der Waals surface area contributed by atoms with Gasteiger partial charge in [0, 0.05) is 18.4 Å². The van der Waals surface area contributed by atoms with Gasteiger partial charge in [-0.1, -0.05) is 31.2 Å². The van der Waals surface area contributed by atoms with Gasteiger partial charge in [-0.3, -0.25) is 4.79 Å². The van der Waals surface area contributed by atoms with Crippen molar-refractivity contribution in [3.05, 3.63) is 35.7 Å². The summed E-state index contributed by atoms with van der Waals surface area (Å²) in [7, 11) is 0. The molecule has 1 N–H and O–H groups in total. The summed E-state index contributed by atoms with van der Waals surface area (Å²) in [5.41, 5.74) is 2.86. The van der Waals surface area contributed by atoms with Crippen LogP contribution in [0.2, 0.25) is 0 Å². The van der Waals surface area contributed by atoms with E-state index >= 15 is 0 Å². The van der Waals surface area contributed by atoms with Crippen LogP contribution in [0.1, 0.15) is 78.1 Å². The fraction of sp³-hybridized carbons (Fsp3) is 0.577. The molecule has 0 aliphatic rings. The van der Waals surface area contributed by atoms with E-state index in [2.05, 4.69) is 27.3 Å². The van der Waals surface area contributed by atoms with Crippen molar-refractivity contribution in [2.75, 3.05) is 13.2 Å². The molecule has 37 heavy (non-hydrogen) atoms. The lowest BCUT2D eigenvalue weighted by atomic mass is 9.92. The first kappa shape index (κ1) is 29.9. The van der Waals surface area contributed by atoms with E-state index in [1.165, 1.54) is 6.92 Å². The number of aromatic nitrogens is 4. The number of carbonyl (C=O) groups is 3. The van der Waals surface area contributed by atoms with Crippen molar-refractivity contribution in [1.82, 2.24) is 25.9 Å². The average molecular weight is 516 g/mol. The van der Waals surface area contributed by atoms with Crippen LogP contribution < -0.4 is 5.48 Å². The summed E-state index contributed by atoms with van der Waals surface area (Å²) in [6, 6.07) is 7.85. The van der Waals surface area contributed by atoms with E-state index in [9.17, 15) is 14.4 Å². The number of ether oxygens (including phenoxy) is 2. The van der Waals surface area contributed by atoms with Crippen LogP contribution in [-0.4, -0.2) is 56.9 Å². The molecule has 1 amide bonds. The maximum absolute atomic E-state index is 11.8. The fourth-order valence-electron chi connectivity index (χ4n) is 3.27. The number of nitrogens with zero attached hydrogens (tertiary/aromatic N) is 4. The molecule has 1 atom stereocenters. The minimum absolute atomic E-state index is 0.0218. The van der Waals surface area contributed by atoms with Gasteiger partial charge in [0.2, 0.25) is 5.82 Å². The fourth-order valence-corrected chi connectivity index (χ4v) is 3.27. The molecule has 0 bridgehead atoms. The van der Waals surface area contributed by atoms with E-state index in [-0.39, 0.29) is 31.7 Å². The van der Waals surface area contributed by atoms with E-state index in [0.717, 1.165) is 17.5 Å². The third-order valence-electron chi connectivity index (χ3n) is 5.91. The van der Waals surface area contributed by atoms with Gasteiger partial charge >= 0.3 is 5.97 Å². The largest absolute Gasteiger partial charge is 0.375 e. The van der Waals surface area contributed by atoms with E-state index in [1.807, 2.05) is 50.5 Å². The molecule has 11 nitrogen and oxygen atoms in total. The SMILES string of the molecule is CCC(C)(OCCC(C)(C)OCCC(=O)ONC(=O)CCC(C)=O)c1ccc(-c2nnc(C)nn2)cc1. The molecule has 0 aliphatic carbocycles. The van der Waals surface area contributed by atoms with Crippen LogP contribution in [0.25, 0.3) is 11.4 Å². The number of rotatable bonds is 14. The number of nitrogens with one attached hydrogen (secondary N) is 1. The Bertz CT molecular complexity index is 1040. The number of Topliss-reactive ketones (excluding diaryl/α,β-unsaturated/α-hetero) is 1. The summed E-state index contributed by atoms with van der Waals surface area (Å²) < 4.78 is 12.1. The van der Waals surface area contributed by atoms with Gasteiger partial charge in [-0.15, -0.1) is 20.4 Å². The molecule has 202 valence electrons. The highest BCUT2D eigenvalue weighted by Crippen LogP contribution is 2.31. The zero-order valence-electron chi connectivity index (χ0n) is 22.5. The summed E-state index contributed by atoms with van der Waals surface area (Å²) >= 11 is 0. The number of benzene rings is 1. The Morgan fingerprint density at radius 2 is 1.54 bits per heavy atom. The van der Waals surface area contributed by atoms with E-state index < -0.39 is 23.1 Å². The normalized spacial score (nSPS) is 13.0. The van der Waals surface area contributed by atoms with Crippen LogP contribution in [0.4, 0.5) is 0 Å². The van der Waals surface area contributed by atoms with Crippen molar-refractivity contribution in [2.45, 2.75) is 84.8 Å². The number of ketones is 1. The topological polar surface area (TPSA) is 142 Å². The number of hydroxylamine groups is 1. The summed E-state index contributed by atoms with van der Waals surface area (Å²) in [5, 5.41) is 16.1. The molecule has 0 aliphatic heterocycles. The Labute approximate surface area is 217 Å². The second kappa shape index (κ2) is 13.8. The van der Waals surface area contributed by atoms with Crippen LogP contribution in [-0.2, 0) is 34.3 Å². The van der Waals surface area contributed by atoms with E-state index in [1.54, 1.807) is 6.92 Å². The van der Waals surface area contributed by atoms with Crippen LogP contribution in [0.3, 0.4) is 0 Å². The minimum Gasteiger partial charge on any atom is -0.375 e. The van der Waals surface area contributed by atoms with Crippen molar-refractivity contribution in [3.63, 3.8) is 0 Å². The zero-order valence-corrected chi connectivity index (χ0v) is 22.5. The standard InChI is InChI=1S/C26H37N5O6/c1-7-26(6,21-11-9-20(10-12-21)24-29-27-19(3)28-30-24)36-17-15-25(4,5)35-16-14-23(34)37-31-22(33)13-8-18(2)32/h9-12H,7-8,13-17H2,1-6H3,(H,31,33). The van der Waals surface area contributed by atoms with Crippen molar-refractivity contribution in [2.24, 2.45) is 0 Å². The van der Waals surface area contributed by atoms with E-state index in [0.29, 0.717) is 24.7 Å². The second-order valence-electron chi connectivity index (χ2n) is 9.59. The maximum atomic E-state index is 11.8. The molecular weight excluding hydrogens is 478 g/mol. The van der Waals surface area contributed by atoms with Crippen molar-refractivity contribution < 1.29 is 28.7 Å². The van der Waals surface area contributed by atoms with Crippen LogP contribution in [0.5, 0.6) is 0 Å². The third-order valence-corrected chi connectivity index (χ3v) is 5.91. The van der Waals surface area contributed by atoms with Gasteiger partial charge in [0.1, 0.15) is 5.78 Å². The van der Waals surface area contributed by atoms with Gasteiger partial charge in [-0.25, -0.2) is 4.79 Å². The molecular formula is C26H37N5O6. The quantitative estimate of drug-likeness (QED) is 0.372. The van der Waals surface area contributed by atoms with Gasteiger partial charge in [0.25, 0.3) is 5.91 Å².